The number of fused-ring (bicyclic) bond motifs is 4. The van der Waals surface area contributed by atoms with Crippen LogP contribution in [0.1, 0.15) is 42.0 Å². The molecule has 0 amide bonds. The first kappa shape index (κ1) is 32.7. The van der Waals surface area contributed by atoms with E-state index in [4.69, 9.17) is 11.6 Å². The number of nitrogens with zero attached hydrogens (tertiary/aromatic N) is 5. The van der Waals surface area contributed by atoms with Crippen LogP contribution >= 0.6 is 11.6 Å². The van der Waals surface area contributed by atoms with E-state index in [9.17, 15) is 16.8 Å². The first-order chi connectivity index (χ1) is 22.4. The summed E-state index contributed by atoms with van der Waals surface area (Å²) in [5, 5.41) is 2.14. The Balaban J connectivity index is 0.000000164. The van der Waals surface area contributed by atoms with Crippen molar-refractivity contribution in [2.45, 2.75) is 56.2 Å². The molecule has 47 heavy (non-hydrogen) atoms. The molecule has 0 N–H and O–H groups in total. The predicted octanol–water partition coefficient (Wildman–Crippen LogP) is 7.15. The van der Waals surface area contributed by atoms with E-state index in [1.54, 1.807) is 73.2 Å². The summed E-state index contributed by atoms with van der Waals surface area (Å²) in [7, 11) is -5.30. The summed E-state index contributed by atoms with van der Waals surface area (Å²) in [6.07, 6.45) is 10.5. The van der Waals surface area contributed by atoms with Crippen molar-refractivity contribution in [2.24, 2.45) is 0 Å². The molecular weight excluding hydrogens is 654 g/mol. The second kappa shape index (κ2) is 12.8. The molecule has 12 heteroatoms. The molecule has 7 rings (SSSR count). The number of aromatic nitrogens is 4. The fraction of sp³-hybridized carbons (Fsp3) is 0.257. The minimum Gasteiger partial charge on any atom is -0.373 e. The molecule has 5 heterocycles. The Kier molecular flexibility index (Phi) is 8.90. The summed E-state index contributed by atoms with van der Waals surface area (Å²) in [6, 6.07) is 17.2. The van der Waals surface area contributed by atoms with Gasteiger partial charge >= 0.3 is 0 Å². The third-order valence-electron chi connectivity index (χ3n) is 8.47. The van der Waals surface area contributed by atoms with Crippen LogP contribution in [0.3, 0.4) is 0 Å². The molecule has 4 aromatic heterocycles. The number of benzene rings is 2. The van der Waals surface area contributed by atoms with Gasteiger partial charge in [-0.15, -0.1) is 0 Å². The van der Waals surface area contributed by atoms with Gasteiger partial charge in [-0.05, 0) is 80.6 Å². The van der Waals surface area contributed by atoms with Gasteiger partial charge in [0.05, 0.1) is 20.5 Å². The molecule has 0 saturated carbocycles. The van der Waals surface area contributed by atoms with Gasteiger partial charge in [0.25, 0.3) is 20.0 Å². The smallest absolute Gasteiger partial charge is 0.269 e. The minimum atomic E-state index is -3.69. The molecule has 0 bridgehead atoms. The van der Waals surface area contributed by atoms with Crippen molar-refractivity contribution in [3.8, 4) is 0 Å². The Morgan fingerprint density at radius 1 is 0.745 bits per heavy atom. The van der Waals surface area contributed by atoms with Gasteiger partial charge in [0.15, 0.2) is 11.3 Å². The maximum Gasteiger partial charge on any atom is 0.269 e. The lowest BCUT2D eigenvalue weighted by Crippen LogP contribution is -2.14. The molecule has 2 aromatic carbocycles. The molecule has 244 valence electrons. The molecule has 0 spiro atoms. The zero-order valence-corrected chi connectivity index (χ0v) is 29.1. The van der Waals surface area contributed by atoms with Gasteiger partial charge in [-0.25, -0.2) is 34.7 Å². The van der Waals surface area contributed by atoms with Gasteiger partial charge in [-0.2, -0.15) is 0 Å². The highest BCUT2D eigenvalue weighted by molar-refractivity contribution is 7.90. The highest BCUT2D eigenvalue weighted by atomic mass is 35.5. The van der Waals surface area contributed by atoms with Crippen LogP contribution in [0.4, 0.5) is 5.69 Å². The fourth-order valence-electron chi connectivity index (χ4n) is 5.77. The van der Waals surface area contributed by atoms with Crippen molar-refractivity contribution >= 4 is 59.4 Å². The molecule has 0 atom stereocenters. The number of likely N-dealkylation sites (N-methyl/N-ethyl adjacent to an activating group) is 1. The van der Waals surface area contributed by atoms with Crippen molar-refractivity contribution in [2.75, 3.05) is 18.5 Å². The Hall–Kier alpha value is -4.19. The van der Waals surface area contributed by atoms with E-state index in [0.717, 1.165) is 60.0 Å². The van der Waals surface area contributed by atoms with Crippen LogP contribution in [0.15, 0.2) is 95.2 Å². The van der Waals surface area contributed by atoms with Crippen LogP contribution in [-0.4, -0.2) is 48.3 Å². The number of hydrogen-bond acceptors (Lipinski definition) is 7. The van der Waals surface area contributed by atoms with Crippen molar-refractivity contribution in [1.82, 2.24) is 17.9 Å². The maximum absolute atomic E-state index is 12.9. The summed E-state index contributed by atoms with van der Waals surface area (Å²) >= 11 is 6.46. The van der Waals surface area contributed by atoms with Crippen LogP contribution in [0.2, 0.25) is 5.02 Å². The van der Waals surface area contributed by atoms with Gasteiger partial charge < -0.3 is 4.90 Å². The molecule has 0 radical (unpaired) electrons. The molecule has 1 aliphatic heterocycles. The molecule has 0 fully saturated rings. The van der Waals surface area contributed by atoms with Gasteiger partial charge in [0.2, 0.25) is 0 Å². The lowest BCUT2D eigenvalue weighted by molar-refractivity contribution is 0.587. The van der Waals surface area contributed by atoms with E-state index < -0.39 is 20.0 Å². The second-order valence-corrected chi connectivity index (χ2v) is 15.8. The number of anilines is 1. The van der Waals surface area contributed by atoms with Crippen LogP contribution < -0.4 is 4.90 Å². The van der Waals surface area contributed by atoms with Crippen molar-refractivity contribution in [3.05, 3.63) is 113 Å². The lowest BCUT2D eigenvalue weighted by Gasteiger charge is -2.13. The Morgan fingerprint density at radius 3 is 1.81 bits per heavy atom. The minimum absolute atomic E-state index is 0.235. The van der Waals surface area contributed by atoms with Gasteiger partial charge in [0, 0.05) is 49.2 Å². The number of unbranched alkanes of at least 4 members (excludes halogenated alkanes) is 1. The van der Waals surface area contributed by atoms with Crippen molar-refractivity contribution in [3.63, 3.8) is 0 Å². The van der Waals surface area contributed by atoms with E-state index in [2.05, 4.69) is 21.8 Å². The predicted molar refractivity (Wildman–Crippen MR) is 188 cm³/mol. The van der Waals surface area contributed by atoms with Crippen LogP contribution in [0.5, 0.6) is 0 Å². The Bertz CT molecular complexity index is 2310. The topological polar surface area (TPSA) is 107 Å². The highest BCUT2D eigenvalue weighted by Crippen LogP contribution is 2.35. The summed E-state index contributed by atoms with van der Waals surface area (Å²) in [4.78, 5) is 11.4. The summed E-state index contributed by atoms with van der Waals surface area (Å²) in [6.45, 7) is 6.90. The van der Waals surface area contributed by atoms with E-state index in [1.807, 2.05) is 27.0 Å². The third-order valence-corrected chi connectivity index (χ3v) is 12.3. The molecule has 0 unspecified atom stereocenters. The quantitative estimate of drug-likeness (QED) is 0.175. The molecule has 0 aliphatic carbocycles. The van der Waals surface area contributed by atoms with Crippen molar-refractivity contribution < 1.29 is 16.8 Å². The first-order valence-corrected chi connectivity index (χ1v) is 18.7. The highest BCUT2D eigenvalue weighted by Gasteiger charge is 2.25. The largest absolute Gasteiger partial charge is 0.373 e. The van der Waals surface area contributed by atoms with E-state index in [-0.39, 0.29) is 9.79 Å². The zero-order chi connectivity index (χ0) is 33.5. The summed E-state index contributed by atoms with van der Waals surface area (Å²) in [5.74, 6) is 0. The van der Waals surface area contributed by atoms with E-state index in [0.29, 0.717) is 21.7 Å². The molecular formula is C35H36ClN5O4S2. The number of aryl methyl sites for hydroxylation is 3. The first-order valence-electron chi connectivity index (χ1n) is 15.4. The maximum atomic E-state index is 12.9. The fourth-order valence-corrected chi connectivity index (χ4v) is 8.67. The average molecular weight is 690 g/mol. The van der Waals surface area contributed by atoms with Gasteiger partial charge in [-0.3, -0.25) is 0 Å². The van der Waals surface area contributed by atoms with Crippen LogP contribution in [0.25, 0.3) is 22.1 Å². The molecule has 6 aromatic rings. The monoisotopic (exact) mass is 689 g/mol. The molecule has 9 nitrogen and oxygen atoms in total. The molecule has 0 saturated heterocycles. The van der Waals surface area contributed by atoms with E-state index >= 15 is 0 Å². The Morgan fingerprint density at radius 2 is 1.26 bits per heavy atom. The normalized spacial score (nSPS) is 13.2. The SMILES string of the molecule is CCCCc1cnc2c(ccn2S(=O)(=O)c2ccc(C)cc2)c1Cl.Cc1ccc(S(=O)(=O)n2ccc3c4c(cnc32)CCN4C)cc1. The number of halogens is 1. The second-order valence-electron chi connectivity index (χ2n) is 11.8. The molecule has 1 aliphatic rings. The zero-order valence-electron chi connectivity index (χ0n) is 26.7. The van der Waals surface area contributed by atoms with Crippen LogP contribution in [0, 0.1) is 13.8 Å². The van der Waals surface area contributed by atoms with Gasteiger partial charge in [-0.1, -0.05) is 60.3 Å². The summed E-state index contributed by atoms with van der Waals surface area (Å²) in [5.41, 5.74) is 6.10. The summed E-state index contributed by atoms with van der Waals surface area (Å²) < 4.78 is 54.0. The average Bonchev–Trinajstić information content (AvgIpc) is 3.79. The van der Waals surface area contributed by atoms with Crippen molar-refractivity contribution in [1.29, 1.82) is 0 Å². The van der Waals surface area contributed by atoms with Gasteiger partial charge in [0.1, 0.15) is 0 Å². The third kappa shape index (κ3) is 6.03. The lowest BCUT2D eigenvalue weighted by atomic mass is 10.1. The van der Waals surface area contributed by atoms with Crippen LogP contribution in [-0.2, 0) is 32.9 Å². The number of rotatable bonds is 7. The standard InChI is InChI=1S/C18H19ClN2O2S.C17H17N3O2S/c1-3-4-5-14-12-20-18-16(17(14)19)10-11-21(18)24(22,23)15-8-6-13(2)7-9-15;1-12-3-5-14(6-4-12)23(21,22)20-10-8-15-16-13(7-9-19(16)2)11-18-17(15)20/h6-12H,3-5H2,1-2H3;3-6,8,10-11H,7,9H2,1-2H3. The number of hydrogen-bond donors (Lipinski definition) is 0. The Labute approximate surface area is 280 Å². The number of pyridine rings is 2. The van der Waals surface area contributed by atoms with E-state index in [1.165, 1.54) is 19.7 Å².